The molecule has 1 N–H and O–H groups in total. The van der Waals surface area contributed by atoms with Crippen molar-refractivity contribution in [3.05, 3.63) is 39.9 Å². The van der Waals surface area contributed by atoms with Gasteiger partial charge in [0.15, 0.2) is 5.69 Å². The van der Waals surface area contributed by atoms with Gasteiger partial charge in [0.2, 0.25) is 5.76 Å². The number of amides is 1. The number of carboxylic acids is 1. The number of aromatic nitrogens is 1. The largest absolute Gasteiger partial charge is 0.475 e. The van der Waals surface area contributed by atoms with Crippen molar-refractivity contribution in [3.63, 3.8) is 0 Å². The van der Waals surface area contributed by atoms with Crippen LogP contribution in [0.2, 0.25) is 0 Å². The first-order valence-electron chi connectivity index (χ1n) is 5.04. The number of carboxylic acid groups (broad SMARTS) is 1. The second-order valence-electron chi connectivity index (χ2n) is 3.67. The zero-order valence-electron chi connectivity index (χ0n) is 9.49. The number of carbonyl (C=O) groups excluding carboxylic acids is 1. The molecule has 0 aliphatic heterocycles. The molecule has 0 fully saturated rings. The minimum Gasteiger partial charge on any atom is -0.475 e. The highest BCUT2D eigenvalue weighted by atomic mass is 32.1. The van der Waals surface area contributed by atoms with Crippen molar-refractivity contribution in [2.75, 3.05) is 7.05 Å². The first-order chi connectivity index (χ1) is 8.58. The molecule has 18 heavy (non-hydrogen) atoms. The molecule has 0 aliphatic rings. The third-order valence-corrected chi connectivity index (χ3v) is 3.02. The fourth-order valence-electron chi connectivity index (χ4n) is 1.40. The van der Waals surface area contributed by atoms with Gasteiger partial charge in [-0.1, -0.05) is 5.16 Å². The zero-order valence-corrected chi connectivity index (χ0v) is 10.3. The molecule has 94 valence electrons. The van der Waals surface area contributed by atoms with E-state index >= 15 is 0 Å². The molecule has 2 aromatic rings. The summed E-state index contributed by atoms with van der Waals surface area (Å²) in [4.78, 5) is 24.0. The summed E-state index contributed by atoms with van der Waals surface area (Å²) in [6.45, 7) is 0.442. The molecule has 0 saturated heterocycles. The smallest absolute Gasteiger partial charge is 0.374 e. The van der Waals surface area contributed by atoms with Gasteiger partial charge in [0.1, 0.15) is 0 Å². The monoisotopic (exact) mass is 266 g/mol. The van der Waals surface area contributed by atoms with Crippen molar-refractivity contribution < 1.29 is 19.2 Å². The average molecular weight is 266 g/mol. The summed E-state index contributed by atoms with van der Waals surface area (Å²) in [5, 5.41) is 16.0. The first-order valence-corrected chi connectivity index (χ1v) is 5.99. The van der Waals surface area contributed by atoms with E-state index in [9.17, 15) is 9.59 Å². The van der Waals surface area contributed by atoms with Gasteiger partial charge in [-0.25, -0.2) is 4.79 Å². The van der Waals surface area contributed by atoms with Crippen molar-refractivity contribution in [2.45, 2.75) is 6.54 Å². The SMILES string of the molecule is CN(Cc1ccsc1)C(=O)c1cc(C(=O)O)on1. The van der Waals surface area contributed by atoms with Crippen LogP contribution in [0.4, 0.5) is 0 Å². The second kappa shape index (κ2) is 5.01. The van der Waals surface area contributed by atoms with Crippen molar-refractivity contribution in [1.29, 1.82) is 0 Å². The summed E-state index contributed by atoms with van der Waals surface area (Å²) >= 11 is 1.55. The summed E-state index contributed by atoms with van der Waals surface area (Å²) in [6.07, 6.45) is 0. The summed E-state index contributed by atoms with van der Waals surface area (Å²) in [5.41, 5.74) is 1.00. The quantitative estimate of drug-likeness (QED) is 0.910. The van der Waals surface area contributed by atoms with Gasteiger partial charge in [0.05, 0.1) is 0 Å². The van der Waals surface area contributed by atoms with Crippen LogP contribution in [0.15, 0.2) is 27.4 Å². The van der Waals surface area contributed by atoms with Crippen molar-refractivity contribution >= 4 is 23.2 Å². The van der Waals surface area contributed by atoms with Gasteiger partial charge < -0.3 is 14.5 Å². The summed E-state index contributed by atoms with van der Waals surface area (Å²) in [6, 6.07) is 3.04. The molecule has 0 radical (unpaired) electrons. The maximum Gasteiger partial charge on any atom is 0.374 e. The highest BCUT2D eigenvalue weighted by molar-refractivity contribution is 7.07. The lowest BCUT2D eigenvalue weighted by Crippen LogP contribution is -2.26. The molecule has 0 atom stereocenters. The van der Waals surface area contributed by atoms with Gasteiger partial charge in [-0.15, -0.1) is 0 Å². The zero-order chi connectivity index (χ0) is 13.1. The summed E-state index contributed by atoms with van der Waals surface area (Å²) < 4.78 is 4.54. The number of hydrogen-bond donors (Lipinski definition) is 1. The predicted octanol–water partition coefficient (Wildman–Crippen LogP) is 1.71. The lowest BCUT2D eigenvalue weighted by Gasteiger charge is -2.14. The second-order valence-corrected chi connectivity index (χ2v) is 4.45. The van der Waals surface area contributed by atoms with Gasteiger partial charge in [-0.3, -0.25) is 4.79 Å². The molecular formula is C11H10N2O4S. The predicted molar refractivity (Wildman–Crippen MR) is 63.6 cm³/mol. The molecular weight excluding hydrogens is 256 g/mol. The number of nitrogens with zero attached hydrogens (tertiary/aromatic N) is 2. The van der Waals surface area contributed by atoms with E-state index in [0.29, 0.717) is 6.54 Å². The molecule has 2 heterocycles. The first kappa shape index (κ1) is 12.3. The van der Waals surface area contributed by atoms with E-state index < -0.39 is 5.97 Å². The van der Waals surface area contributed by atoms with E-state index in [1.165, 1.54) is 4.90 Å². The van der Waals surface area contributed by atoms with Crippen LogP contribution in [0.25, 0.3) is 0 Å². The lowest BCUT2D eigenvalue weighted by atomic mass is 10.3. The van der Waals surface area contributed by atoms with Gasteiger partial charge in [0, 0.05) is 19.7 Å². The minimum atomic E-state index is -1.25. The summed E-state index contributed by atoms with van der Waals surface area (Å²) in [7, 11) is 1.62. The Balaban J connectivity index is 2.08. The Morgan fingerprint density at radius 1 is 1.56 bits per heavy atom. The number of rotatable bonds is 4. The van der Waals surface area contributed by atoms with E-state index in [0.717, 1.165) is 11.6 Å². The summed E-state index contributed by atoms with van der Waals surface area (Å²) in [5.74, 6) is -1.97. The molecule has 2 aromatic heterocycles. The minimum absolute atomic E-state index is 0.00914. The number of hydrogen-bond acceptors (Lipinski definition) is 5. The Morgan fingerprint density at radius 3 is 2.89 bits per heavy atom. The van der Waals surface area contributed by atoms with Crippen molar-refractivity contribution in [2.24, 2.45) is 0 Å². The van der Waals surface area contributed by atoms with E-state index in [-0.39, 0.29) is 17.4 Å². The van der Waals surface area contributed by atoms with E-state index in [1.807, 2.05) is 16.8 Å². The average Bonchev–Trinajstić information content (AvgIpc) is 2.98. The van der Waals surface area contributed by atoms with Crippen molar-refractivity contribution in [3.8, 4) is 0 Å². The fraction of sp³-hybridized carbons (Fsp3) is 0.182. The lowest BCUT2D eigenvalue weighted by molar-refractivity contribution is 0.0649. The third-order valence-electron chi connectivity index (χ3n) is 2.29. The molecule has 0 spiro atoms. The van der Waals surface area contributed by atoms with E-state index in [4.69, 9.17) is 5.11 Å². The van der Waals surface area contributed by atoms with Gasteiger partial charge in [-0.05, 0) is 22.4 Å². The van der Waals surface area contributed by atoms with Crippen LogP contribution < -0.4 is 0 Å². The molecule has 7 heteroatoms. The number of carbonyl (C=O) groups is 2. The molecule has 2 rings (SSSR count). The normalized spacial score (nSPS) is 10.3. The molecule has 0 saturated carbocycles. The van der Waals surface area contributed by atoms with Gasteiger partial charge in [0.25, 0.3) is 5.91 Å². The maximum absolute atomic E-state index is 11.9. The van der Waals surface area contributed by atoms with Gasteiger partial charge >= 0.3 is 5.97 Å². The standard InChI is InChI=1S/C11H10N2O4S/c1-13(5-7-2-3-18-6-7)10(14)8-4-9(11(15)16)17-12-8/h2-4,6H,5H2,1H3,(H,15,16). The van der Waals surface area contributed by atoms with Crippen LogP contribution >= 0.6 is 11.3 Å². The van der Waals surface area contributed by atoms with Gasteiger partial charge in [-0.2, -0.15) is 11.3 Å². The van der Waals surface area contributed by atoms with E-state index in [1.54, 1.807) is 18.4 Å². The molecule has 0 aromatic carbocycles. The molecule has 0 bridgehead atoms. The Kier molecular flexibility index (Phi) is 3.42. The highest BCUT2D eigenvalue weighted by Gasteiger charge is 2.19. The van der Waals surface area contributed by atoms with E-state index in [2.05, 4.69) is 9.68 Å². The Morgan fingerprint density at radius 2 is 2.33 bits per heavy atom. The maximum atomic E-state index is 11.9. The van der Waals surface area contributed by atoms with Crippen LogP contribution in [0.3, 0.4) is 0 Å². The molecule has 6 nitrogen and oxygen atoms in total. The van der Waals surface area contributed by atoms with Crippen LogP contribution in [0.1, 0.15) is 26.6 Å². The molecule has 0 unspecified atom stereocenters. The molecule has 1 amide bonds. The Bertz CT molecular complexity index is 561. The van der Waals surface area contributed by atoms with Crippen LogP contribution in [-0.2, 0) is 6.54 Å². The molecule has 0 aliphatic carbocycles. The number of thiophene rings is 1. The Labute approximate surface area is 106 Å². The third kappa shape index (κ3) is 2.57. The Hall–Kier alpha value is -2.15. The van der Waals surface area contributed by atoms with Crippen LogP contribution in [-0.4, -0.2) is 34.1 Å². The number of aromatic carboxylic acids is 1. The highest BCUT2D eigenvalue weighted by Crippen LogP contribution is 2.11. The van der Waals surface area contributed by atoms with Crippen LogP contribution in [0.5, 0.6) is 0 Å². The van der Waals surface area contributed by atoms with Crippen LogP contribution in [0, 0.1) is 0 Å². The fourth-order valence-corrected chi connectivity index (χ4v) is 2.06. The van der Waals surface area contributed by atoms with Crippen molar-refractivity contribution in [1.82, 2.24) is 10.1 Å². The topological polar surface area (TPSA) is 83.6 Å².